The van der Waals surface area contributed by atoms with Gasteiger partial charge in [-0.05, 0) is 32.0 Å². The van der Waals surface area contributed by atoms with E-state index in [2.05, 4.69) is 15.4 Å². The third-order valence-corrected chi connectivity index (χ3v) is 6.37. The summed E-state index contributed by atoms with van der Waals surface area (Å²) in [5, 5.41) is 7.93. The van der Waals surface area contributed by atoms with Crippen LogP contribution in [0.2, 0.25) is 0 Å². The van der Waals surface area contributed by atoms with Gasteiger partial charge in [0.15, 0.2) is 16.4 Å². The second-order valence-corrected chi connectivity index (χ2v) is 8.37. The van der Waals surface area contributed by atoms with Crippen LogP contribution in [0, 0.1) is 13.8 Å². The normalized spacial score (nSPS) is 15.0. The van der Waals surface area contributed by atoms with E-state index in [0.717, 1.165) is 24.5 Å². The molecule has 0 atom stereocenters. The first kappa shape index (κ1) is 19.6. The molecule has 144 valence electrons. The number of anilines is 1. The Labute approximate surface area is 164 Å². The van der Waals surface area contributed by atoms with Crippen LogP contribution in [0.15, 0.2) is 46.2 Å². The van der Waals surface area contributed by atoms with Crippen molar-refractivity contribution in [3.8, 4) is 0 Å². The van der Waals surface area contributed by atoms with Gasteiger partial charge < -0.3 is 10.2 Å². The summed E-state index contributed by atoms with van der Waals surface area (Å²) in [6.07, 6.45) is 0. The molecule has 0 amide bonds. The third kappa shape index (κ3) is 3.40. The lowest BCUT2D eigenvalue weighted by Crippen LogP contribution is -2.44. The number of benzene rings is 1. The van der Waals surface area contributed by atoms with Gasteiger partial charge in [0.2, 0.25) is 9.84 Å². The molecular formula is C18H22ClN5O2S. The van der Waals surface area contributed by atoms with Gasteiger partial charge in [-0.25, -0.2) is 17.9 Å². The minimum absolute atomic E-state index is 0. The second-order valence-electron chi connectivity index (χ2n) is 6.48. The van der Waals surface area contributed by atoms with Gasteiger partial charge in [0, 0.05) is 37.6 Å². The fraction of sp³-hybridized carbons (Fsp3) is 0.333. The van der Waals surface area contributed by atoms with Crippen LogP contribution in [0.5, 0.6) is 0 Å². The molecule has 1 aliphatic rings. The molecule has 2 aromatic heterocycles. The summed E-state index contributed by atoms with van der Waals surface area (Å²) >= 11 is 0. The Morgan fingerprint density at radius 1 is 1.07 bits per heavy atom. The van der Waals surface area contributed by atoms with Crippen LogP contribution in [-0.4, -0.2) is 49.2 Å². The molecule has 4 rings (SSSR count). The minimum Gasteiger partial charge on any atom is -0.351 e. The molecule has 0 unspecified atom stereocenters. The van der Waals surface area contributed by atoms with Crippen molar-refractivity contribution >= 4 is 33.7 Å². The maximum Gasteiger partial charge on any atom is 0.214 e. The maximum absolute atomic E-state index is 13.5. The van der Waals surface area contributed by atoms with Crippen LogP contribution in [0.1, 0.15) is 11.4 Å². The predicted octanol–water partition coefficient (Wildman–Crippen LogP) is 2.01. The summed E-state index contributed by atoms with van der Waals surface area (Å²) in [7, 11) is -3.74. The molecule has 0 bridgehead atoms. The molecule has 0 saturated carbocycles. The first-order valence-corrected chi connectivity index (χ1v) is 10.1. The van der Waals surface area contributed by atoms with Crippen molar-refractivity contribution in [2.75, 3.05) is 31.1 Å². The number of hydrogen-bond donors (Lipinski definition) is 1. The molecule has 0 radical (unpaired) electrons. The summed E-state index contributed by atoms with van der Waals surface area (Å²) in [5.74, 6) is 0.483. The van der Waals surface area contributed by atoms with Crippen LogP contribution in [0.4, 0.5) is 5.82 Å². The van der Waals surface area contributed by atoms with Gasteiger partial charge in [-0.3, -0.25) is 0 Å². The van der Waals surface area contributed by atoms with Crippen molar-refractivity contribution in [3.63, 3.8) is 0 Å². The lowest BCUT2D eigenvalue weighted by molar-refractivity contribution is 0.576. The number of nitrogens with one attached hydrogen (secondary N) is 1. The Morgan fingerprint density at radius 3 is 2.41 bits per heavy atom. The molecule has 1 N–H and O–H groups in total. The first-order chi connectivity index (χ1) is 12.5. The van der Waals surface area contributed by atoms with E-state index in [4.69, 9.17) is 0 Å². The number of rotatable bonds is 3. The number of hydrogen-bond acceptors (Lipinski definition) is 6. The van der Waals surface area contributed by atoms with E-state index in [-0.39, 0.29) is 22.2 Å². The highest BCUT2D eigenvalue weighted by molar-refractivity contribution is 7.91. The molecule has 1 aromatic carbocycles. The monoisotopic (exact) mass is 407 g/mol. The smallest absolute Gasteiger partial charge is 0.214 e. The Bertz CT molecular complexity index is 1060. The van der Waals surface area contributed by atoms with E-state index >= 15 is 0 Å². The van der Waals surface area contributed by atoms with Crippen molar-refractivity contribution < 1.29 is 8.42 Å². The molecule has 1 fully saturated rings. The van der Waals surface area contributed by atoms with Crippen molar-refractivity contribution in [1.82, 2.24) is 19.9 Å². The summed E-state index contributed by atoms with van der Waals surface area (Å²) in [6.45, 7) is 6.78. The molecule has 1 saturated heterocycles. The number of halogens is 1. The number of sulfone groups is 1. The lowest BCUT2D eigenvalue weighted by atomic mass is 10.3. The van der Waals surface area contributed by atoms with E-state index < -0.39 is 9.84 Å². The fourth-order valence-corrected chi connectivity index (χ4v) is 4.87. The highest BCUT2D eigenvalue weighted by atomic mass is 35.5. The molecule has 3 aromatic rings. The Hall–Kier alpha value is -2.16. The number of aromatic nitrogens is 3. The zero-order chi connectivity index (χ0) is 18.3. The standard InChI is InChI=1S/C18H21N5O2S.ClH/c1-13-12-14(2)23-17(20-13)16(18(21-23)22-10-8-19-9-11-22)26(24,25)15-6-4-3-5-7-15;/h3-7,12,19H,8-11H2,1-2H3;1H. The van der Waals surface area contributed by atoms with E-state index in [1.165, 1.54) is 0 Å². The number of aryl methyl sites for hydroxylation is 2. The van der Waals surface area contributed by atoms with Gasteiger partial charge >= 0.3 is 0 Å². The van der Waals surface area contributed by atoms with Crippen LogP contribution >= 0.6 is 12.4 Å². The first-order valence-electron chi connectivity index (χ1n) is 8.61. The van der Waals surface area contributed by atoms with Crippen LogP contribution in [0.25, 0.3) is 5.65 Å². The second kappa shape index (κ2) is 7.46. The molecule has 9 heteroatoms. The summed E-state index contributed by atoms with van der Waals surface area (Å²) in [5.41, 5.74) is 2.02. The van der Waals surface area contributed by atoms with E-state index in [1.54, 1.807) is 34.8 Å². The lowest BCUT2D eigenvalue weighted by Gasteiger charge is -2.27. The summed E-state index contributed by atoms with van der Waals surface area (Å²) < 4.78 is 28.6. The van der Waals surface area contributed by atoms with Gasteiger partial charge in [0.1, 0.15) is 0 Å². The van der Waals surface area contributed by atoms with Gasteiger partial charge in [0.05, 0.1) is 4.90 Å². The largest absolute Gasteiger partial charge is 0.351 e. The van der Waals surface area contributed by atoms with Crippen molar-refractivity contribution in [2.45, 2.75) is 23.6 Å². The molecular weight excluding hydrogens is 386 g/mol. The highest BCUT2D eigenvalue weighted by Gasteiger charge is 2.32. The Balaban J connectivity index is 0.00000210. The molecule has 27 heavy (non-hydrogen) atoms. The predicted molar refractivity (Wildman–Crippen MR) is 107 cm³/mol. The van der Waals surface area contributed by atoms with Crippen LogP contribution < -0.4 is 10.2 Å². The van der Waals surface area contributed by atoms with E-state index in [1.807, 2.05) is 24.8 Å². The number of nitrogens with zero attached hydrogens (tertiary/aromatic N) is 4. The fourth-order valence-electron chi connectivity index (χ4n) is 3.33. The Kier molecular flexibility index (Phi) is 5.41. The zero-order valence-electron chi connectivity index (χ0n) is 15.2. The van der Waals surface area contributed by atoms with E-state index in [9.17, 15) is 8.42 Å². The van der Waals surface area contributed by atoms with Gasteiger partial charge in [-0.2, -0.15) is 0 Å². The van der Waals surface area contributed by atoms with Crippen molar-refractivity contribution in [1.29, 1.82) is 0 Å². The molecule has 3 heterocycles. The van der Waals surface area contributed by atoms with Gasteiger partial charge in [-0.1, -0.05) is 18.2 Å². The van der Waals surface area contributed by atoms with Gasteiger partial charge in [0.25, 0.3) is 0 Å². The molecule has 1 aliphatic heterocycles. The van der Waals surface area contributed by atoms with Crippen molar-refractivity contribution in [3.05, 3.63) is 47.8 Å². The molecule has 0 spiro atoms. The topological polar surface area (TPSA) is 79.6 Å². The van der Waals surface area contributed by atoms with Crippen molar-refractivity contribution in [2.24, 2.45) is 0 Å². The third-order valence-electron chi connectivity index (χ3n) is 4.57. The van der Waals surface area contributed by atoms with Crippen LogP contribution in [0.3, 0.4) is 0 Å². The summed E-state index contributed by atoms with van der Waals surface area (Å²) in [6, 6.07) is 10.4. The molecule has 7 nitrogen and oxygen atoms in total. The SMILES string of the molecule is Cc1cc(C)n2nc(N3CCNCC3)c(S(=O)(=O)c3ccccc3)c2n1.Cl. The quantitative estimate of drug-likeness (QED) is 0.715. The summed E-state index contributed by atoms with van der Waals surface area (Å²) in [4.78, 5) is 7.00. The van der Waals surface area contributed by atoms with Crippen LogP contribution in [-0.2, 0) is 9.84 Å². The maximum atomic E-state index is 13.5. The highest BCUT2D eigenvalue weighted by Crippen LogP contribution is 2.33. The number of piperazine rings is 1. The molecule has 0 aliphatic carbocycles. The number of fused-ring (bicyclic) bond motifs is 1. The van der Waals surface area contributed by atoms with E-state index in [0.29, 0.717) is 24.6 Å². The Morgan fingerprint density at radius 2 is 1.74 bits per heavy atom. The average Bonchev–Trinajstić information content (AvgIpc) is 3.04. The zero-order valence-corrected chi connectivity index (χ0v) is 16.8. The minimum atomic E-state index is -3.74. The average molecular weight is 408 g/mol. The van der Waals surface area contributed by atoms with Gasteiger partial charge in [-0.15, -0.1) is 17.5 Å².